The zero-order chi connectivity index (χ0) is 12.9. The maximum atomic E-state index is 11.8. The van der Waals surface area contributed by atoms with Crippen LogP contribution in [0.15, 0.2) is 35.2 Å². The predicted octanol–water partition coefficient (Wildman–Crippen LogP) is -0.535. The second kappa shape index (κ2) is 5.76. The van der Waals surface area contributed by atoms with Crippen molar-refractivity contribution < 1.29 is 17.9 Å². The summed E-state index contributed by atoms with van der Waals surface area (Å²) in [5.74, 6) is -0.716. The van der Waals surface area contributed by atoms with Gasteiger partial charge in [0, 0.05) is 6.54 Å². The minimum atomic E-state index is -3.76. The fourth-order valence-corrected chi connectivity index (χ4v) is 2.41. The highest BCUT2D eigenvalue weighted by Gasteiger charge is 2.24. The maximum absolute atomic E-state index is 11.8. The molecule has 0 fully saturated rings. The molecule has 1 unspecified atom stereocenters. The quantitative estimate of drug-likeness (QED) is 0.691. The van der Waals surface area contributed by atoms with E-state index in [1.807, 2.05) is 0 Å². The summed E-state index contributed by atoms with van der Waals surface area (Å²) in [5, 5.41) is 0. The van der Waals surface area contributed by atoms with Crippen LogP contribution >= 0.6 is 0 Å². The van der Waals surface area contributed by atoms with E-state index in [2.05, 4.69) is 9.46 Å². The third kappa shape index (κ3) is 3.52. The van der Waals surface area contributed by atoms with Gasteiger partial charge in [0.15, 0.2) is 0 Å². The Bertz CT molecular complexity index is 472. The van der Waals surface area contributed by atoms with Crippen molar-refractivity contribution in [2.24, 2.45) is 5.73 Å². The smallest absolute Gasteiger partial charge is 0.325 e. The number of hydrogen-bond donors (Lipinski definition) is 2. The molecule has 0 aromatic heterocycles. The van der Waals surface area contributed by atoms with Crippen molar-refractivity contribution in [3.05, 3.63) is 30.3 Å². The van der Waals surface area contributed by atoms with Crippen LogP contribution in [0.25, 0.3) is 0 Å². The van der Waals surface area contributed by atoms with E-state index in [1.54, 1.807) is 18.2 Å². The Morgan fingerprint density at radius 2 is 2.00 bits per heavy atom. The van der Waals surface area contributed by atoms with Gasteiger partial charge < -0.3 is 10.5 Å². The number of carbonyl (C=O) groups excluding carboxylic acids is 1. The third-order valence-corrected chi connectivity index (χ3v) is 3.56. The molecule has 0 bridgehead atoms. The number of benzene rings is 1. The van der Waals surface area contributed by atoms with E-state index in [4.69, 9.17) is 5.73 Å². The molecule has 17 heavy (non-hydrogen) atoms. The molecular formula is C10H14N2O4S. The number of esters is 1. The number of ether oxygens (including phenoxy) is 1. The highest BCUT2D eigenvalue weighted by atomic mass is 32.2. The first-order valence-electron chi connectivity index (χ1n) is 4.86. The first-order chi connectivity index (χ1) is 8.01. The van der Waals surface area contributed by atoms with Gasteiger partial charge in [-0.25, -0.2) is 8.42 Å². The molecule has 0 spiro atoms. The molecule has 1 aromatic rings. The van der Waals surface area contributed by atoms with Crippen molar-refractivity contribution in [1.82, 2.24) is 4.72 Å². The normalized spacial score (nSPS) is 13.1. The van der Waals surface area contributed by atoms with Crippen LogP contribution in [0.2, 0.25) is 0 Å². The second-order valence-electron chi connectivity index (χ2n) is 3.25. The van der Waals surface area contributed by atoms with Crippen molar-refractivity contribution in [3.8, 4) is 0 Å². The lowest BCUT2D eigenvalue weighted by Gasteiger charge is -2.14. The van der Waals surface area contributed by atoms with Gasteiger partial charge in [-0.1, -0.05) is 18.2 Å². The first-order valence-corrected chi connectivity index (χ1v) is 6.35. The Labute approximate surface area is 99.8 Å². The summed E-state index contributed by atoms with van der Waals surface area (Å²) in [6.45, 7) is -0.168. The Morgan fingerprint density at radius 3 is 2.47 bits per heavy atom. The summed E-state index contributed by atoms with van der Waals surface area (Å²) in [6.07, 6.45) is 0. The SMILES string of the molecule is COC(=O)C(CN)NS(=O)(=O)c1ccccc1. The number of carbonyl (C=O) groups is 1. The van der Waals surface area contributed by atoms with E-state index in [0.717, 1.165) is 0 Å². The Balaban J connectivity index is 2.90. The summed E-state index contributed by atoms with van der Waals surface area (Å²) < 4.78 is 30.3. The summed E-state index contributed by atoms with van der Waals surface area (Å²) in [7, 11) is -2.59. The topological polar surface area (TPSA) is 98.5 Å². The fraction of sp³-hybridized carbons (Fsp3) is 0.300. The van der Waals surface area contributed by atoms with E-state index in [-0.39, 0.29) is 11.4 Å². The van der Waals surface area contributed by atoms with Gasteiger partial charge in [0.05, 0.1) is 12.0 Å². The summed E-state index contributed by atoms with van der Waals surface area (Å²) in [4.78, 5) is 11.3. The first kappa shape index (κ1) is 13.6. The molecule has 1 atom stereocenters. The van der Waals surface area contributed by atoms with Crippen LogP contribution in [0.3, 0.4) is 0 Å². The van der Waals surface area contributed by atoms with E-state index in [0.29, 0.717) is 0 Å². The van der Waals surface area contributed by atoms with Gasteiger partial charge in [0.1, 0.15) is 6.04 Å². The molecule has 0 aliphatic heterocycles. The largest absolute Gasteiger partial charge is 0.468 e. The Kier molecular flexibility index (Phi) is 4.62. The van der Waals surface area contributed by atoms with Crippen molar-refractivity contribution in [2.45, 2.75) is 10.9 Å². The van der Waals surface area contributed by atoms with Crippen LogP contribution in [-0.4, -0.2) is 34.1 Å². The highest BCUT2D eigenvalue weighted by Crippen LogP contribution is 2.08. The molecule has 1 rings (SSSR count). The highest BCUT2D eigenvalue weighted by molar-refractivity contribution is 7.89. The van der Waals surface area contributed by atoms with Crippen molar-refractivity contribution in [2.75, 3.05) is 13.7 Å². The lowest BCUT2D eigenvalue weighted by atomic mass is 10.3. The van der Waals surface area contributed by atoms with Crippen LogP contribution < -0.4 is 10.5 Å². The minimum Gasteiger partial charge on any atom is -0.468 e. The van der Waals surface area contributed by atoms with E-state index < -0.39 is 22.0 Å². The Morgan fingerprint density at radius 1 is 1.41 bits per heavy atom. The van der Waals surface area contributed by atoms with Gasteiger partial charge in [-0.05, 0) is 12.1 Å². The monoisotopic (exact) mass is 258 g/mol. The van der Waals surface area contributed by atoms with Crippen molar-refractivity contribution in [1.29, 1.82) is 0 Å². The molecule has 7 heteroatoms. The average Bonchev–Trinajstić information content (AvgIpc) is 2.36. The summed E-state index contributed by atoms with van der Waals surface area (Å²) >= 11 is 0. The van der Waals surface area contributed by atoms with E-state index >= 15 is 0 Å². The number of sulfonamides is 1. The standard InChI is InChI=1S/C10H14N2O4S/c1-16-10(13)9(7-11)12-17(14,15)8-5-3-2-4-6-8/h2-6,9,12H,7,11H2,1H3. The van der Waals surface area contributed by atoms with E-state index in [9.17, 15) is 13.2 Å². The van der Waals surface area contributed by atoms with Crippen LogP contribution in [0.5, 0.6) is 0 Å². The molecule has 6 nitrogen and oxygen atoms in total. The number of nitrogens with one attached hydrogen (secondary N) is 1. The zero-order valence-electron chi connectivity index (χ0n) is 9.29. The molecule has 0 saturated heterocycles. The lowest BCUT2D eigenvalue weighted by molar-refractivity contribution is -0.142. The molecule has 0 amide bonds. The van der Waals surface area contributed by atoms with E-state index in [1.165, 1.54) is 19.2 Å². The van der Waals surface area contributed by atoms with Gasteiger partial charge in [0.2, 0.25) is 10.0 Å². The Hall–Kier alpha value is -1.44. The summed E-state index contributed by atoms with van der Waals surface area (Å²) in [6, 6.07) is 6.64. The molecule has 0 heterocycles. The summed E-state index contributed by atoms with van der Waals surface area (Å²) in [5.41, 5.74) is 5.31. The van der Waals surface area contributed by atoms with Crippen LogP contribution in [0.4, 0.5) is 0 Å². The number of methoxy groups -OCH3 is 1. The molecule has 3 N–H and O–H groups in total. The third-order valence-electron chi connectivity index (χ3n) is 2.07. The minimum absolute atomic E-state index is 0.0716. The molecule has 0 saturated carbocycles. The number of nitrogens with two attached hydrogens (primary N) is 1. The zero-order valence-corrected chi connectivity index (χ0v) is 10.1. The molecular weight excluding hydrogens is 244 g/mol. The molecule has 0 aliphatic rings. The van der Waals surface area contributed by atoms with Gasteiger partial charge in [-0.2, -0.15) is 4.72 Å². The molecule has 1 aromatic carbocycles. The number of rotatable bonds is 5. The lowest BCUT2D eigenvalue weighted by Crippen LogP contribution is -2.46. The molecule has 94 valence electrons. The maximum Gasteiger partial charge on any atom is 0.325 e. The van der Waals surface area contributed by atoms with Crippen LogP contribution in [0, 0.1) is 0 Å². The van der Waals surface area contributed by atoms with Gasteiger partial charge in [-0.3, -0.25) is 4.79 Å². The van der Waals surface area contributed by atoms with Gasteiger partial charge >= 0.3 is 5.97 Å². The van der Waals surface area contributed by atoms with Gasteiger partial charge in [-0.15, -0.1) is 0 Å². The van der Waals surface area contributed by atoms with Gasteiger partial charge in [0.25, 0.3) is 0 Å². The van der Waals surface area contributed by atoms with Crippen LogP contribution in [-0.2, 0) is 19.6 Å². The van der Waals surface area contributed by atoms with Crippen molar-refractivity contribution in [3.63, 3.8) is 0 Å². The van der Waals surface area contributed by atoms with Crippen LogP contribution in [0.1, 0.15) is 0 Å². The predicted molar refractivity (Wildman–Crippen MR) is 61.6 cm³/mol. The average molecular weight is 258 g/mol. The van der Waals surface area contributed by atoms with Crippen molar-refractivity contribution >= 4 is 16.0 Å². The number of hydrogen-bond acceptors (Lipinski definition) is 5. The second-order valence-corrected chi connectivity index (χ2v) is 4.96. The molecule has 0 radical (unpaired) electrons. The fourth-order valence-electron chi connectivity index (χ4n) is 1.19. The molecule has 0 aliphatic carbocycles.